The second-order valence-electron chi connectivity index (χ2n) is 6.83. The molecular formula is C20H24N2O3S. The summed E-state index contributed by atoms with van der Waals surface area (Å²) in [6.07, 6.45) is 1.78. The third-order valence-corrected chi connectivity index (χ3v) is 6.71. The van der Waals surface area contributed by atoms with Gasteiger partial charge in [0.2, 0.25) is 10.0 Å². The summed E-state index contributed by atoms with van der Waals surface area (Å²) in [4.78, 5) is 12.0. The number of carbonyl (C=O) groups is 1. The van der Waals surface area contributed by atoms with E-state index < -0.39 is 10.0 Å². The van der Waals surface area contributed by atoms with Crippen molar-refractivity contribution >= 4 is 15.9 Å². The zero-order chi connectivity index (χ0) is 18.9. The molecule has 1 fully saturated rings. The van der Waals surface area contributed by atoms with Crippen LogP contribution in [0.5, 0.6) is 0 Å². The highest BCUT2D eigenvalue weighted by molar-refractivity contribution is 7.89. The molecule has 0 heterocycles. The first-order valence-corrected chi connectivity index (χ1v) is 10.2. The van der Waals surface area contributed by atoms with Crippen LogP contribution in [-0.2, 0) is 16.6 Å². The Bertz CT molecular complexity index is 917. The molecule has 138 valence electrons. The van der Waals surface area contributed by atoms with E-state index in [-0.39, 0.29) is 11.9 Å². The van der Waals surface area contributed by atoms with Crippen molar-refractivity contribution in [1.29, 1.82) is 0 Å². The number of benzene rings is 2. The van der Waals surface area contributed by atoms with Gasteiger partial charge in [-0.15, -0.1) is 0 Å². The van der Waals surface area contributed by atoms with Crippen LogP contribution < -0.4 is 5.32 Å². The third kappa shape index (κ3) is 3.81. The van der Waals surface area contributed by atoms with Crippen LogP contribution in [0.25, 0.3) is 0 Å². The first kappa shape index (κ1) is 18.6. The molecule has 1 saturated carbocycles. The van der Waals surface area contributed by atoms with Crippen molar-refractivity contribution in [2.45, 2.75) is 44.2 Å². The van der Waals surface area contributed by atoms with Gasteiger partial charge in [-0.2, -0.15) is 4.31 Å². The zero-order valence-corrected chi connectivity index (χ0v) is 16.1. The number of hydrogen-bond acceptors (Lipinski definition) is 3. The smallest absolute Gasteiger partial charge is 0.251 e. The van der Waals surface area contributed by atoms with Gasteiger partial charge in [-0.3, -0.25) is 4.79 Å². The van der Waals surface area contributed by atoms with Gasteiger partial charge in [0.05, 0.1) is 4.90 Å². The second-order valence-corrected chi connectivity index (χ2v) is 8.69. The van der Waals surface area contributed by atoms with Crippen molar-refractivity contribution in [2.24, 2.45) is 0 Å². The van der Waals surface area contributed by atoms with Gasteiger partial charge in [-0.1, -0.05) is 29.8 Å². The quantitative estimate of drug-likeness (QED) is 0.848. The number of sulfonamides is 1. The molecule has 0 radical (unpaired) electrons. The Balaban J connectivity index is 1.88. The molecule has 0 aromatic heterocycles. The van der Waals surface area contributed by atoms with Gasteiger partial charge in [0.1, 0.15) is 0 Å². The first-order chi connectivity index (χ1) is 12.3. The second kappa shape index (κ2) is 7.21. The van der Waals surface area contributed by atoms with Crippen LogP contribution in [0, 0.1) is 13.8 Å². The zero-order valence-electron chi connectivity index (χ0n) is 15.3. The van der Waals surface area contributed by atoms with Crippen molar-refractivity contribution in [3.05, 3.63) is 64.7 Å². The monoisotopic (exact) mass is 372 g/mol. The number of amides is 1. The Kier molecular flexibility index (Phi) is 5.16. The maximum atomic E-state index is 13.2. The van der Waals surface area contributed by atoms with Crippen molar-refractivity contribution in [1.82, 2.24) is 9.62 Å². The Hall–Kier alpha value is -2.18. The number of rotatable bonds is 6. The summed E-state index contributed by atoms with van der Waals surface area (Å²) in [6.45, 7) is 4.10. The summed E-state index contributed by atoms with van der Waals surface area (Å²) in [6, 6.07) is 12.6. The van der Waals surface area contributed by atoms with E-state index >= 15 is 0 Å². The molecular weight excluding hydrogens is 348 g/mol. The van der Waals surface area contributed by atoms with Gasteiger partial charge >= 0.3 is 0 Å². The van der Waals surface area contributed by atoms with Gasteiger partial charge in [-0.25, -0.2) is 8.42 Å². The van der Waals surface area contributed by atoms with E-state index in [0.29, 0.717) is 17.0 Å². The van der Waals surface area contributed by atoms with Crippen molar-refractivity contribution in [3.63, 3.8) is 0 Å². The predicted molar refractivity (Wildman–Crippen MR) is 101 cm³/mol. The van der Waals surface area contributed by atoms with Crippen LogP contribution >= 0.6 is 0 Å². The molecule has 26 heavy (non-hydrogen) atoms. The van der Waals surface area contributed by atoms with Gasteiger partial charge in [0, 0.05) is 25.2 Å². The fourth-order valence-electron chi connectivity index (χ4n) is 3.07. The minimum Gasteiger partial charge on any atom is -0.355 e. The highest BCUT2D eigenvalue weighted by Crippen LogP contribution is 2.34. The molecule has 2 aromatic rings. The number of nitrogens with zero attached hydrogens (tertiary/aromatic N) is 1. The topological polar surface area (TPSA) is 66.5 Å². The van der Waals surface area contributed by atoms with Crippen molar-refractivity contribution < 1.29 is 13.2 Å². The van der Waals surface area contributed by atoms with Crippen LogP contribution in [0.3, 0.4) is 0 Å². The maximum Gasteiger partial charge on any atom is 0.251 e. The van der Waals surface area contributed by atoms with Crippen LogP contribution in [0.4, 0.5) is 0 Å². The van der Waals surface area contributed by atoms with Gasteiger partial charge < -0.3 is 5.32 Å². The van der Waals surface area contributed by atoms with E-state index in [4.69, 9.17) is 0 Å². The molecule has 0 saturated heterocycles. The van der Waals surface area contributed by atoms with E-state index in [9.17, 15) is 13.2 Å². The van der Waals surface area contributed by atoms with Crippen LogP contribution in [-0.4, -0.2) is 31.7 Å². The van der Waals surface area contributed by atoms with E-state index in [2.05, 4.69) is 5.32 Å². The molecule has 3 rings (SSSR count). The van der Waals surface area contributed by atoms with Crippen LogP contribution in [0.15, 0.2) is 47.4 Å². The first-order valence-electron chi connectivity index (χ1n) is 8.73. The molecule has 0 spiro atoms. The molecule has 1 N–H and O–H groups in total. The van der Waals surface area contributed by atoms with E-state index in [0.717, 1.165) is 29.5 Å². The standard InChI is InChI=1S/C20H24N2O3S/c1-14-4-11-19(15(2)12-14)26(24,25)22(18-9-10-18)13-16-5-7-17(8-6-16)20(23)21-3/h4-8,11-12,18H,9-10,13H2,1-3H3,(H,21,23). The highest BCUT2D eigenvalue weighted by Gasteiger charge is 2.38. The fraction of sp³-hybridized carbons (Fsp3) is 0.350. The van der Waals surface area contributed by atoms with Gasteiger partial charge in [0.25, 0.3) is 5.91 Å². The molecule has 1 amide bonds. The number of carbonyl (C=O) groups excluding carboxylic acids is 1. The van der Waals surface area contributed by atoms with Gasteiger partial charge in [0.15, 0.2) is 0 Å². The van der Waals surface area contributed by atoms with E-state index in [1.807, 2.05) is 38.1 Å². The lowest BCUT2D eigenvalue weighted by Gasteiger charge is -2.23. The number of aryl methyl sites for hydroxylation is 2. The van der Waals surface area contributed by atoms with Crippen molar-refractivity contribution in [3.8, 4) is 0 Å². The summed E-state index contributed by atoms with van der Waals surface area (Å²) in [5.41, 5.74) is 3.25. The Morgan fingerprint density at radius 2 is 1.77 bits per heavy atom. The number of hydrogen-bond donors (Lipinski definition) is 1. The molecule has 2 aromatic carbocycles. The normalized spacial score (nSPS) is 14.5. The number of nitrogens with one attached hydrogen (secondary N) is 1. The average Bonchev–Trinajstić information content (AvgIpc) is 3.43. The van der Waals surface area contributed by atoms with E-state index in [1.165, 1.54) is 0 Å². The average molecular weight is 372 g/mol. The SMILES string of the molecule is CNC(=O)c1ccc(CN(C2CC2)S(=O)(=O)c2ccc(C)cc2C)cc1. The third-order valence-electron chi connectivity index (χ3n) is 4.65. The molecule has 1 aliphatic carbocycles. The van der Waals surface area contributed by atoms with Crippen LogP contribution in [0.1, 0.15) is 39.9 Å². The summed E-state index contributed by atoms with van der Waals surface area (Å²) in [7, 11) is -1.98. The Morgan fingerprint density at radius 1 is 1.12 bits per heavy atom. The van der Waals surface area contributed by atoms with Crippen LogP contribution in [0.2, 0.25) is 0 Å². The molecule has 0 unspecified atom stereocenters. The predicted octanol–water partition coefficient (Wildman–Crippen LogP) is 3.02. The minimum absolute atomic E-state index is 0.0549. The van der Waals surface area contributed by atoms with E-state index in [1.54, 1.807) is 29.6 Å². The molecule has 0 aliphatic heterocycles. The lowest BCUT2D eigenvalue weighted by molar-refractivity contribution is 0.0963. The summed E-state index contributed by atoms with van der Waals surface area (Å²) >= 11 is 0. The molecule has 1 aliphatic rings. The van der Waals surface area contributed by atoms with Gasteiger partial charge in [-0.05, 0) is 56.0 Å². The lowest BCUT2D eigenvalue weighted by atomic mass is 10.1. The van der Waals surface area contributed by atoms with Crippen molar-refractivity contribution in [2.75, 3.05) is 7.05 Å². The maximum absolute atomic E-state index is 13.2. The minimum atomic E-state index is -3.56. The molecule has 5 nitrogen and oxygen atoms in total. The lowest BCUT2D eigenvalue weighted by Crippen LogP contribution is -2.33. The highest BCUT2D eigenvalue weighted by atomic mass is 32.2. The fourth-order valence-corrected chi connectivity index (χ4v) is 4.95. The molecule has 0 atom stereocenters. The largest absolute Gasteiger partial charge is 0.355 e. The summed E-state index contributed by atoms with van der Waals surface area (Å²) in [5, 5.41) is 2.58. The molecule has 6 heteroatoms. The Morgan fingerprint density at radius 3 is 2.31 bits per heavy atom. The molecule has 0 bridgehead atoms. The summed E-state index contributed by atoms with van der Waals surface area (Å²) in [5.74, 6) is -0.154. The Labute approximate surface area is 155 Å². The summed E-state index contributed by atoms with van der Waals surface area (Å²) < 4.78 is 28.1.